The maximum absolute atomic E-state index is 10.8. The van der Waals surface area contributed by atoms with Crippen molar-refractivity contribution in [2.24, 2.45) is 7.05 Å². The largest absolute Gasteiger partial charge is 0.307 e. The lowest BCUT2D eigenvalue weighted by molar-refractivity contribution is -0.385. The number of rotatable bonds is 5. The molecule has 1 heterocycles. The van der Waals surface area contributed by atoms with E-state index >= 15 is 0 Å². The molecule has 2 aromatic rings. The minimum Gasteiger partial charge on any atom is -0.307 e. The first kappa shape index (κ1) is 13.2. The average molecular weight is 261 g/mol. The van der Waals surface area contributed by atoms with Gasteiger partial charge in [-0.25, -0.2) is 0 Å². The minimum absolute atomic E-state index is 0.154. The van der Waals surface area contributed by atoms with E-state index in [1.165, 1.54) is 6.07 Å². The van der Waals surface area contributed by atoms with Crippen molar-refractivity contribution < 1.29 is 4.92 Å². The fourth-order valence-corrected chi connectivity index (χ4v) is 1.86. The van der Waals surface area contributed by atoms with Crippen molar-refractivity contribution in [2.75, 3.05) is 0 Å². The molecule has 0 radical (unpaired) electrons. The molecule has 19 heavy (non-hydrogen) atoms. The molecule has 0 spiro atoms. The molecule has 0 amide bonds. The summed E-state index contributed by atoms with van der Waals surface area (Å²) in [6, 6.07) is 5.11. The van der Waals surface area contributed by atoms with Crippen LogP contribution in [0.25, 0.3) is 0 Å². The number of hydrogen-bond donors (Lipinski definition) is 1. The molecule has 0 unspecified atom stereocenters. The third-order valence-corrected chi connectivity index (χ3v) is 3.04. The predicted octanol–water partition coefficient (Wildman–Crippen LogP) is 1.32. The molecule has 0 aliphatic rings. The van der Waals surface area contributed by atoms with Gasteiger partial charge in [0.25, 0.3) is 5.69 Å². The Balaban J connectivity index is 2.02. The van der Waals surface area contributed by atoms with Crippen LogP contribution in [0.4, 0.5) is 5.69 Å². The van der Waals surface area contributed by atoms with Gasteiger partial charge in [0.1, 0.15) is 0 Å². The van der Waals surface area contributed by atoms with Crippen molar-refractivity contribution >= 4 is 5.69 Å². The van der Waals surface area contributed by atoms with Crippen LogP contribution in [0, 0.1) is 17.0 Å². The summed E-state index contributed by atoms with van der Waals surface area (Å²) in [5.74, 6) is 0. The van der Waals surface area contributed by atoms with Crippen LogP contribution in [0.3, 0.4) is 0 Å². The Morgan fingerprint density at radius 3 is 2.84 bits per heavy atom. The molecule has 0 aliphatic heterocycles. The van der Waals surface area contributed by atoms with Gasteiger partial charge in [0.2, 0.25) is 0 Å². The zero-order valence-corrected chi connectivity index (χ0v) is 10.8. The van der Waals surface area contributed by atoms with Crippen LogP contribution >= 0.6 is 0 Å². The minimum atomic E-state index is -0.357. The number of aryl methyl sites for hydroxylation is 1. The first-order chi connectivity index (χ1) is 9.09. The highest BCUT2D eigenvalue weighted by Gasteiger charge is 2.12. The molecule has 0 saturated carbocycles. The second kappa shape index (κ2) is 5.57. The Morgan fingerprint density at radius 2 is 2.21 bits per heavy atom. The zero-order valence-electron chi connectivity index (χ0n) is 10.8. The first-order valence-corrected chi connectivity index (χ1v) is 5.86. The highest BCUT2D eigenvalue weighted by Crippen LogP contribution is 2.20. The molecule has 7 heteroatoms. The van der Waals surface area contributed by atoms with E-state index in [9.17, 15) is 10.1 Å². The molecule has 0 bridgehead atoms. The maximum Gasteiger partial charge on any atom is 0.272 e. The van der Waals surface area contributed by atoms with E-state index in [0.717, 1.165) is 11.3 Å². The van der Waals surface area contributed by atoms with Crippen molar-refractivity contribution in [3.63, 3.8) is 0 Å². The fourth-order valence-electron chi connectivity index (χ4n) is 1.86. The fraction of sp³-hybridized carbons (Fsp3) is 0.333. The van der Waals surface area contributed by atoms with Crippen LogP contribution in [0.15, 0.2) is 24.4 Å². The summed E-state index contributed by atoms with van der Waals surface area (Å²) < 4.78 is 1.69. The van der Waals surface area contributed by atoms with Gasteiger partial charge in [-0.05, 0) is 12.5 Å². The Morgan fingerprint density at radius 1 is 1.42 bits per heavy atom. The molecule has 7 nitrogen and oxygen atoms in total. The summed E-state index contributed by atoms with van der Waals surface area (Å²) in [5, 5.41) is 21.7. The molecular weight excluding hydrogens is 246 g/mol. The number of benzene rings is 1. The van der Waals surface area contributed by atoms with Crippen LogP contribution in [-0.4, -0.2) is 19.9 Å². The molecule has 2 rings (SSSR count). The van der Waals surface area contributed by atoms with E-state index in [4.69, 9.17) is 0 Å². The van der Waals surface area contributed by atoms with E-state index in [1.807, 2.05) is 13.1 Å². The summed E-state index contributed by atoms with van der Waals surface area (Å²) >= 11 is 0. The molecule has 0 saturated heterocycles. The van der Waals surface area contributed by atoms with E-state index in [1.54, 1.807) is 23.9 Å². The summed E-state index contributed by atoms with van der Waals surface area (Å²) in [6.07, 6.45) is 1.69. The number of hydrogen-bond acceptors (Lipinski definition) is 5. The highest BCUT2D eigenvalue weighted by molar-refractivity contribution is 5.44. The van der Waals surface area contributed by atoms with Gasteiger partial charge < -0.3 is 5.32 Å². The summed E-state index contributed by atoms with van der Waals surface area (Å²) in [7, 11) is 1.82. The molecule has 1 N–H and O–H groups in total. The lowest BCUT2D eigenvalue weighted by atomic mass is 10.1. The van der Waals surface area contributed by atoms with Gasteiger partial charge in [-0.1, -0.05) is 17.3 Å². The molecule has 1 aromatic carbocycles. The lowest BCUT2D eigenvalue weighted by Gasteiger charge is -2.08. The topological polar surface area (TPSA) is 85.9 Å². The van der Waals surface area contributed by atoms with Gasteiger partial charge in [-0.15, -0.1) is 5.10 Å². The third kappa shape index (κ3) is 2.94. The number of aromatic nitrogens is 3. The molecule has 0 aliphatic carbocycles. The number of nitro benzene ring substituents is 1. The summed E-state index contributed by atoms with van der Waals surface area (Å²) in [5.41, 5.74) is 2.73. The molecular formula is C12H15N5O2. The van der Waals surface area contributed by atoms with Gasteiger partial charge in [0.15, 0.2) is 0 Å². The predicted molar refractivity (Wildman–Crippen MR) is 69.4 cm³/mol. The monoisotopic (exact) mass is 261 g/mol. The number of nitrogens with zero attached hydrogens (tertiary/aromatic N) is 4. The Hall–Kier alpha value is -2.28. The third-order valence-electron chi connectivity index (χ3n) is 3.04. The Labute approximate surface area is 110 Å². The van der Waals surface area contributed by atoms with Crippen molar-refractivity contribution in [1.29, 1.82) is 0 Å². The molecule has 0 fully saturated rings. The first-order valence-electron chi connectivity index (χ1n) is 5.86. The van der Waals surface area contributed by atoms with Crippen LogP contribution in [0.2, 0.25) is 0 Å². The van der Waals surface area contributed by atoms with E-state index in [2.05, 4.69) is 15.6 Å². The van der Waals surface area contributed by atoms with Gasteiger partial charge in [0.05, 0.1) is 16.8 Å². The number of nitrogens with one attached hydrogen (secondary N) is 1. The van der Waals surface area contributed by atoms with Crippen molar-refractivity contribution in [2.45, 2.75) is 20.0 Å². The van der Waals surface area contributed by atoms with E-state index < -0.39 is 0 Å². The maximum atomic E-state index is 10.8. The lowest BCUT2D eigenvalue weighted by Crippen LogP contribution is -2.16. The quantitative estimate of drug-likeness (QED) is 0.648. The van der Waals surface area contributed by atoms with E-state index in [-0.39, 0.29) is 10.6 Å². The SMILES string of the molecule is Cc1c(CNCc2cnnn2C)cccc1[N+](=O)[O-]. The normalized spacial score (nSPS) is 10.6. The van der Waals surface area contributed by atoms with E-state index in [0.29, 0.717) is 18.7 Å². The van der Waals surface area contributed by atoms with Crippen LogP contribution < -0.4 is 5.32 Å². The summed E-state index contributed by atoms with van der Waals surface area (Å²) in [6.45, 7) is 2.95. The van der Waals surface area contributed by atoms with Crippen molar-refractivity contribution in [3.05, 3.63) is 51.3 Å². The Kier molecular flexibility index (Phi) is 3.86. The number of nitro groups is 1. The summed E-state index contributed by atoms with van der Waals surface area (Å²) in [4.78, 5) is 10.5. The smallest absolute Gasteiger partial charge is 0.272 e. The second-order valence-corrected chi connectivity index (χ2v) is 4.27. The Bertz CT molecular complexity index is 594. The van der Waals surface area contributed by atoms with Gasteiger partial charge in [0, 0.05) is 31.8 Å². The van der Waals surface area contributed by atoms with Gasteiger partial charge in [-0.3, -0.25) is 14.8 Å². The standard InChI is InChI=1S/C12H15N5O2/c1-9-10(4-3-5-12(9)17(18)19)6-13-7-11-8-14-15-16(11)2/h3-5,8,13H,6-7H2,1-2H3. The average Bonchev–Trinajstić information content (AvgIpc) is 2.77. The van der Waals surface area contributed by atoms with Crippen LogP contribution in [-0.2, 0) is 20.1 Å². The molecule has 100 valence electrons. The second-order valence-electron chi connectivity index (χ2n) is 4.27. The van der Waals surface area contributed by atoms with Gasteiger partial charge in [-0.2, -0.15) is 0 Å². The van der Waals surface area contributed by atoms with Crippen LogP contribution in [0.5, 0.6) is 0 Å². The highest BCUT2D eigenvalue weighted by atomic mass is 16.6. The zero-order chi connectivity index (χ0) is 13.8. The van der Waals surface area contributed by atoms with Crippen molar-refractivity contribution in [1.82, 2.24) is 20.3 Å². The van der Waals surface area contributed by atoms with Gasteiger partial charge >= 0.3 is 0 Å². The van der Waals surface area contributed by atoms with Crippen LogP contribution in [0.1, 0.15) is 16.8 Å². The molecule has 1 aromatic heterocycles. The van der Waals surface area contributed by atoms with Crippen molar-refractivity contribution in [3.8, 4) is 0 Å². The molecule has 0 atom stereocenters.